The number of nitrogens with zero attached hydrogens (tertiary/aromatic N) is 1. The zero-order chi connectivity index (χ0) is 21.1. The fraction of sp³-hybridized carbons (Fsp3) is 0.235. The van der Waals surface area contributed by atoms with E-state index < -0.39 is 20.0 Å². The lowest BCUT2D eigenvalue weighted by atomic mass is 10.3. The second-order valence-electron chi connectivity index (χ2n) is 5.96. The molecule has 1 amide bonds. The molecule has 2 rings (SSSR count). The zero-order valence-electron chi connectivity index (χ0n) is 15.8. The molecule has 28 heavy (non-hydrogen) atoms. The third-order valence-electron chi connectivity index (χ3n) is 3.68. The van der Waals surface area contributed by atoms with E-state index in [4.69, 9.17) is 4.74 Å². The summed E-state index contributed by atoms with van der Waals surface area (Å²) in [6, 6.07) is 9.35. The molecule has 0 aliphatic carbocycles. The van der Waals surface area contributed by atoms with Crippen LogP contribution in [0.25, 0.3) is 0 Å². The summed E-state index contributed by atoms with van der Waals surface area (Å²) in [5, 5.41) is 2.51. The standard InChI is InChI=1S/C17H21N3O6S2/c1-12(21)18-16-11-15(9-10-17(16)26-4)27(22,23)19-13-5-7-14(8-6-13)28(24,25)20(2)3/h5-11,19H,1-4H3,(H,18,21). The summed E-state index contributed by atoms with van der Waals surface area (Å²) in [6.07, 6.45) is 0. The van der Waals surface area contributed by atoms with Gasteiger partial charge in [-0.25, -0.2) is 21.1 Å². The van der Waals surface area contributed by atoms with Crippen LogP contribution in [0, 0.1) is 0 Å². The van der Waals surface area contributed by atoms with E-state index in [9.17, 15) is 21.6 Å². The fourth-order valence-corrected chi connectivity index (χ4v) is 4.25. The molecule has 0 aliphatic heterocycles. The summed E-state index contributed by atoms with van der Waals surface area (Å²) in [6.45, 7) is 1.29. The first-order chi connectivity index (χ1) is 13.0. The molecule has 11 heteroatoms. The van der Waals surface area contributed by atoms with Crippen molar-refractivity contribution in [1.29, 1.82) is 0 Å². The number of rotatable bonds is 7. The number of sulfonamides is 2. The minimum atomic E-state index is -3.98. The first-order valence-corrected chi connectivity index (χ1v) is 10.9. The lowest BCUT2D eigenvalue weighted by Gasteiger charge is -2.14. The third kappa shape index (κ3) is 4.80. The van der Waals surface area contributed by atoms with E-state index in [1.807, 2.05) is 0 Å². The van der Waals surface area contributed by atoms with Crippen LogP contribution in [0.5, 0.6) is 5.75 Å². The molecule has 0 saturated carbocycles. The highest BCUT2D eigenvalue weighted by molar-refractivity contribution is 7.92. The lowest BCUT2D eigenvalue weighted by Crippen LogP contribution is -2.22. The Morgan fingerprint density at radius 1 is 0.964 bits per heavy atom. The summed E-state index contributed by atoms with van der Waals surface area (Å²) < 4.78 is 58.0. The second kappa shape index (κ2) is 8.17. The molecule has 0 bridgehead atoms. The van der Waals surface area contributed by atoms with Gasteiger partial charge < -0.3 is 10.1 Å². The monoisotopic (exact) mass is 427 g/mol. The Balaban J connectivity index is 2.32. The van der Waals surface area contributed by atoms with Crippen LogP contribution in [0.3, 0.4) is 0 Å². The van der Waals surface area contributed by atoms with E-state index in [1.165, 1.54) is 70.6 Å². The average Bonchev–Trinajstić information content (AvgIpc) is 2.61. The molecule has 0 heterocycles. The van der Waals surface area contributed by atoms with Gasteiger partial charge in [-0.15, -0.1) is 0 Å². The molecule has 2 aromatic rings. The Kier molecular flexibility index (Phi) is 6.32. The minimum absolute atomic E-state index is 0.0397. The predicted octanol–water partition coefficient (Wildman–Crippen LogP) is 1.70. The normalized spacial score (nSPS) is 11.9. The van der Waals surface area contributed by atoms with Crippen LogP contribution in [-0.2, 0) is 24.8 Å². The largest absolute Gasteiger partial charge is 0.495 e. The maximum Gasteiger partial charge on any atom is 0.261 e. The van der Waals surface area contributed by atoms with Gasteiger partial charge in [0.25, 0.3) is 10.0 Å². The Hall–Kier alpha value is -2.63. The Morgan fingerprint density at radius 3 is 2.04 bits per heavy atom. The number of benzene rings is 2. The van der Waals surface area contributed by atoms with Gasteiger partial charge in [0, 0.05) is 26.7 Å². The Bertz CT molecular complexity index is 1080. The summed E-state index contributed by atoms with van der Waals surface area (Å²) >= 11 is 0. The van der Waals surface area contributed by atoms with Gasteiger partial charge in [-0.1, -0.05) is 0 Å². The van der Waals surface area contributed by atoms with E-state index in [-0.39, 0.29) is 27.1 Å². The van der Waals surface area contributed by atoms with Gasteiger partial charge in [-0.3, -0.25) is 9.52 Å². The quantitative estimate of drug-likeness (QED) is 0.694. The molecule has 0 atom stereocenters. The van der Waals surface area contributed by atoms with E-state index in [0.29, 0.717) is 5.75 Å². The van der Waals surface area contributed by atoms with Crippen molar-refractivity contribution in [1.82, 2.24) is 4.31 Å². The molecular weight excluding hydrogens is 406 g/mol. The second-order valence-corrected chi connectivity index (χ2v) is 9.79. The first-order valence-electron chi connectivity index (χ1n) is 7.98. The molecule has 152 valence electrons. The molecule has 0 spiro atoms. The first kappa shape index (κ1) is 21.7. The van der Waals surface area contributed by atoms with Crippen LogP contribution >= 0.6 is 0 Å². The highest BCUT2D eigenvalue weighted by atomic mass is 32.2. The van der Waals surface area contributed by atoms with Crippen molar-refractivity contribution in [2.45, 2.75) is 16.7 Å². The number of nitrogens with one attached hydrogen (secondary N) is 2. The number of ether oxygens (including phenoxy) is 1. The van der Waals surface area contributed by atoms with E-state index >= 15 is 0 Å². The summed E-state index contributed by atoms with van der Waals surface area (Å²) in [4.78, 5) is 11.3. The third-order valence-corrected chi connectivity index (χ3v) is 6.89. The van der Waals surface area contributed by atoms with Crippen LogP contribution < -0.4 is 14.8 Å². The summed E-state index contributed by atoms with van der Waals surface area (Å²) in [7, 11) is -3.38. The molecule has 2 aromatic carbocycles. The van der Waals surface area contributed by atoms with Gasteiger partial charge in [0.15, 0.2) is 0 Å². The Labute approximate surface area is 164 Å². The summed E-state index contributed by atoms with van der Waals surface area (Å²) in [5.74, 6) is -0.0640. The Morgan fingerprint density at radius 2 is 1.54 bits per heavy atom. The lowest BCUT2D eigenvalue weighted by molar-refractivity contribution is -0.114. The van der Waals surface area contributed by atoms with Crippen LogP contribution in [0.15, 0.2) is 52.3 Å². The zero-order valence-corrected chi connectivity index (χ0v) is 17.4. The number of carbonyl (C=O) groups is 1. The predicted molar refractivity (Wildman–Crippen MR) is 105 cm³/mol. The average molecular weight is 428 g/mol. The minimum Gasteiger partial charge on any atom is -0.495 e. The van der Waals surface area contributed by atoms with Gasteiger partial charge in [-0.05, 0) is 42.5 Å². The number of hydrogen-bond acceptors (Lipinski definition) is 6. The topological polar surface area (TPSA) is 122 Å². The summed E-state index contributed by atoms with van der Waals surface area (Å²) in [5.41, 5.74) is 0.403. The van der Waals surface area contributed by atoms with Gasteiger partial charge in [0.1, 0.15) is 5.75 Å². The number of anilines is 2. The molecule has 9 nitrogen and oxygen atoms in total. The smallest absolute Gasteiger partial charge is 0.261 e. The van der Waals surface area contributed by atoms with Crippen molar-refractivity contribution in [3.8, 4) is 5.75 Å². The SMILES string of the molecule is COc1ccc(S(=O)(=O)Nc2ccc(S(=O)(=O)N(C)C)cc2)cc1NC(C)=O. The van der Waals surface area contributed by atoms with E-state index in [2.05, 4.69) is 10.0 Å². The van der Waals surface area contributed by atoms with E-state index in [1.54, 1.807) is 0 Å². The van der Waals surface area contributed by atoms with Gasteiger partial charge in [0.2, 0.25) is 15.9 Å². The maximum atomic E-state index is 12.6. The molecule has 0 aliphatic rings. The number of methoxy groups -OCH3 is 1. The highest BCUT2D eigenvalue weighted by Crippen LogP contribution is 2.28. The molecule has 0 radical (unpaired) electrons. The molecule has 2 N–H and O–H groups in total. The molecule has 0 fully saturated rings. The van der Waals surface area contributed by atoms with Gasteiger partial charge in [-0.2, -0.15) is 0 Å². The van der Waals surface area contributed by atoms with Gasteiger partial charge in [0.05, 0.1) is 22.6 Å². The van der Waals surface area contributed by atoms with Crippen LogP contribution in [0.4, 0.5) is 11.4 Å². The number of carbonyl (C=O) groups excluding carboxylic acids is 1. The number of hydrogen-bond donors (Lipinski definition) is 2. The highest BCUT2D eigenvalue weighted by Gasteiger charge is 2.19. The molecule has 0 saturated heterocycles. The van der Waals surface area contributed by atoms with Crippen LogP contribution in [0.1, 0.15) is 6.92 Å². The van der Waals surface area contributed by atoms with Crippen molar-refractivity contribution in [2.75, 3.05) is 31.2 Å². The van der Waals surface area contributed by atoms with E-state index in [0.717, 1.165) is 4.31 Å². The number of amides is 1. The maximum absolute atomic E-state index is 12.6. The van der Waals surface area contributed by atoms with Crippen LogP contribution in [-0.4, -0.2) is 48.3 Å². The van der Waals surface area contributed by atoms with Crippen molar-refractivity contribution in [2.24, 2.45) is 0 Å². The van der Waals surface area contributed by atoms with Crippen molar-refractivity contribution in [3.63, 3.8) is 0 Å². The molecule has 0 unspecified atom stereocenters. The van der Waals surface area contributed by atoms with Crippen molar-refractivity contribution in [3.05, 3.63) is 42.5 Å². The molecular formula is C17H21N3O6S2. The van der Waals surface area contributed by atoms with Gasteiger partial charge >= 0.3 is 0 Å². The van der Waals surface area contributed by atoms with Crippen molar-refractivity contribution < 1.29 is 26.4 Å². The van der Waals surface area contributed by atoms with Crippen LogP contribution in [0.2, 0.25) is 0 Å². The molecule has 0 aromatic heterocycles. The fourth-order valence-electron chi connectivity index (χ4n) is 2.26. The van der Waals surface area contributed by atoms with Crippen molar-refractivity contribution >= 4 is 37.3 Å².